The van der Waals surface area contributed by atoms with Crippen molar-refractivity contribution in [2.45, 2.75) is 58.2 Å². The van der Waals surface area contributed by atoms with Crippen LogP contribution in [0, 0.1) is 5.92 Å². The van der Waals surface area contributed by atoms with E-state index in [4.69, 9.17) is 4.74 Å². The number of hydrogen-bond acceptors (Lipinski definition) is 3. The van der Waals surface area contributed by atoms with Crippen LogP contribution >= 0.6 is 11.8 Å². The molecule has 3 heteroatoms. The van der Waals surface area contributed by atoms with Gasteiger partial charge in [0.1, 0.15) is 0 Å². The molecule has 3 unspecified atom stereocenters. The molecule has 1 fully saturated rings. The normalized spacial score (nSPS) is 28.3. The van der Waals surface area contributed by atoms with Crippen LogP contribution in [0.5, 0.6) is 0 Å². The molecule has 3 atom stereocenters. The van der Waals surface area contributed by atoms with E-state index in [9.17, 15) is 0 Å². The summed E-state index contributed by atoms with van der Waals surface area (Å²) < 4.78 is 5.79. The minimum Gasteiger partial charge on any atom is -0.378 e. The zero-order valence-electron chi connectivity index (χ0n) is 11.2. The molecule has 0 bridgehead atoms. The molecule has 0 radical (unpaired) electrons. The Morgan fingerprint density at radius 3 is 2.75 bits per heavy atom. The van der Waals surface area contributed by atoms with E-state index >= 15 is 0 Å². The largest absolute Gasteiger partial charge is 0.378 e. The Morgan fingerprint density at radius 2 is 2.12 bits per heavy atom. The van der Waals surface area contributed by atoms with Crippen molar-refractivity contribution in [3.63, 3.8) is 0 Å². The molecular formula is C13H27NOS. The minimum absolute atomic E-state index is 0.457. The average Bonchev–Trinajstić information content (AvgIpc) is 2.26. The predicted octanol–water partition coefficient (Wildman–Crippen LogP) is 2.92. The third-order valence-corrected chi connectivity index (χ3v) is 3.98. The van der Waals surface area contributed by atoms with Crippen LogP contribution in [0.4, 0.5) is 0 Å². The molecule has 0 spiro atoms. The highest BCUT2D eigenvalue weighted by Gasteiger charge is 2.25. The van der Waals surface area contributed by atoms with Crippen molar-refractivity contribution in [3.8, 4) is 0 Å². The zero-order chi connectivity index (χ0) is 12.0. The fraction of sp³-hybridized carbons (Fsp3) is 1.00. The highest BCUT2D eigenvalue weighted by Crippen LogP contribution is 2.20. The van der Waals surface area contributed by atoms with Crippen LogP contribution in [0.3, 0.4) is 0 Å². The maximum atomic E-state index is 5.79. The SMILES string of the molecule is CSCCC(C)NC1CCOC(C(C)C)C1. The van der Waals surface area contributed by atoms with Gasteiger partial charge in [-0.05, 0) is 44.1 Å². The monoisotopic (exact) mass is 245 g/mol. The van der Waals surface area contributed by atoms with Crippen molar-refractivity contribution in [2.75, 3.05) is 18.6 Å². The van der Waals surface area contributed by atoms with Crippen molar-refractivity contribution in [1.82, 2.24) is 5.32 Å². The maximum Gasteiger partial charge on any atom is 0.0612 e. The van der Waals surface area contributed by atoms with Crippen molar-refractivity contribution < 1.29 is 4.74 Å². The van der Waals surface area contributed by atoms with E-state index in [1.807, 2.05) is 11.8 Å². The van der Waals surface area contributed by atoms with Crippen LogP contribution in [-0.2, 0) is 4.74 Å². The topological polar surface area (TPSA) is 21.3 Å². The lowest BCUT2D eigenvalue weighted by atomic mass is 9.95. The van der Waals surface area contributed by atoms with Gasteiger partial charge in [-0.1, -0.05) is 13.8 Å². The molecule has 96 valence electrons. The van der Waals surface area contributed by atoms with Gasteiger partial charge in [-0.3, -0.25) is 0 Å². The molecule has 0 aromatic heterocycles. The fourth-order valence-corrected chi connectivity index (χ4v) is 2.81. The number of ether oxygens (including phenoxy) is 1. The number of thioether (sulfide) groups is 1. The van der Waals surface area contributed by atoms with E-state index in [0.29, 0.717) is 24.1 Å². The summed E-state index contributed by atoms with van der Waals surface area (Å²) in [6.07, 6.45) is 6.26. The van der Waals surface area contributed by atoms with Gasteiger partial charge < -0.3 is 10.1 Å². The average molecular weight is 245 g/mol. The van der Waals surface area contributed by atoms with Gasteiger partial charge in [-0.15, -0.1) is 0 Å². The van der Waals surface area contributed by atoms with Gasteiger partial charge in [0.05, 0.1) is 6.10 Å². The summed E-state index contributed by atoms with van der Waals surface area (Å²) in [7, 11) is 0. The summed E-state index contributed by atoms with van der Waals surface area (Å²) in [5.41, 5.74) is 0. The van der Waals surface area contributed by atoms with Crippen molar-refractivity contribution in [2.24, 2.45) is 5.92 Å². The molecule has 0 saturated carbocycles. The third kappa shape index (κ3) is 5.07. The molecule has 0 aliphatic carbocycles. The first-order valence-corrected chi connectivity index (χ1v) is 7.89. The van der Waals surface area contributed by atoms with Crippen LogP contribution in [0.1, 0.15) is 40.0 Å². The Kier molecular flexibility index (Phi) is 6.78. The summed E-state index contributed by atoms with van der Waals surface area (Å²) in [6.45, 7) is 7.74. The summed E-state index contributed by atoms with van der Waals surface area (Å²) >= 11 is 1.93. The molecule has 1 heterocycles. The molecule has 1 aliphatic rings. The van der Waals surface area contributed by atoms with Crippen LogP contribution in [0.2, 0.25) is 0 Å². The van der Waals surface area contributed by atoms with Crippen molar-refractivity contribution in [3.05, 3.63) is 0 Å². The van der Waals surface area contributed by atoms with Gasteiger partial charge in [0.25, 0.3) is 0 Å². The molecule has 1 saturated heterocycles. The van der Waals surface area contributed by atoms with E-state index < -0.39 is 0 Å². The Hall–Kier alpha value is 0.270. The van der Waals surface area contributed by atoms with E-state index in [0.717, 1.165) is 6.61 Å². The van der Waals surface area contributed by atoms with Crippen LogP contribution < -0.4 is 5.32 Å². The smallest absolute Gasteiger partial charge is 0.0612 e. The Labute approximate surface area is 105 Å². The number of rotatable bonds is 6. The summed E-state index contributed by atoms with van der Waals surface area (Å²) in [6, 6.07) is 1.31. The molecule has 1 aliphatic heterocycles. The van der Waals surface area contributed by atoms with Gasteiger partial charge >= 0.3 is 0 Å². The summed E-state index contributed by atoms with van der Waals surface area (Å²) in [4.78, 5) is 0. The zero-order valence-corrected chi connectivity index (χ0v) is 12.0. The second-order valence-electron chi connectivity index (χ2n) is 5.22. The third-order valence-electron chi connectivity index (χ3n) is 3.33. The van der Waals surface area contributed by atoms with Crippen LogP contribution in [-0.4, -0.2) is 36.8 Å². The molecule has 0 aromatic carbocycles. The van der Waals surface area contributed by atoms with Gasteiger partial charge in [0.15, 0.2) is 0 Å². The minimum atomic E-state index is 0.457. The highest BCUT2D eigenvalue weighted by molar-refractivity contribution is 7.98. The lowest BCUT2D eigenvalue weighted by molar-refractivity contribution is -0.0256. The van der Waals surface area contributed by atoms with E-state index in [2.05, 4.69) is 32.3 Å². The van der Waals surface area contributed by atoms with E-state index in [1.54, 1.807) is 0 Å². The van der Waals surface area contributed by atoms with Crippen molar-refractivity contribution in [1.29, 1.82) is 0 Å². The molecular weight excluding hydrogens is 218 g/mol. The first kappa shape index (κ1) is 14.3. The maximum absolute atomic E-state index is 5.79. The Balaban J connectivity index is 2.25. The van der Waals surface area contributed by atoms with E-state index in [1.165, 1.54) is 25.0 Å². The number of nitrogens with one attached hydrogen (secondary N) is 1. The molecule has 1 rings (SSSR count). The summed E-state index contributed by atoms with van der Waals surface area (Å²) in [5.74, 6) is 1.90. The predicted molar refractivity (Wildman–Crippen MR) is 73.2 cm³/mol. The second kappa shape index (κ2) is 7.57. The lowest BCUT2D eigenvalue weighted by Crippen LogP contribution is -2.44. The fourth-order valence-electron chi connectivity index (χ4n) is 2.22. The van der Waals surface area contributed by atoms with Crippen molar-refractivity contribution >= 4 is 11.8 Å². The van der Waals surface area contributed by atoms with Gasteiger partial charge in [-0.25, -0.2) is 0 Å². The van der Waals surface area contributed by atoms with Gasteiger partial charge in [0, 0.05) is 18.7 Å². The number of hydrogen-bond donors (Lipinski definition) is 1. The molecule has 16 heavy (non-hydrogen) atoms. The summed E-state index contributed by atoms with van der Waals surface area (Å²) in [5, 5.41) is 3.75. The molecule has 0 aromatic rings. The molecule has 0 amide bonds. The van der Waals surface area contributed by atoms with Crippen LogP contribution in [0.25, 0.3) is 0 Å². The molecule has 2 nitrogen and oxygen atoms in total. The first-order chi connectivity index (χ1) is 7.63. The standard InChI is InChI=1S/C13H27NOS/c1-10(2)13-9-12(5-7-15-13)14-11(3)6-8-16-4/h10-14H,5-9H2,1-4H3. The van der Waals surface area contributed by atoms with Crippen LogP contribution in [0.15, 0.2) is 0 Å². The Bertz CT molecular complexity index is 187. The quantitative estimate of drug-likeness (QED) is 0.777. The second-order valence-corrected chi connectivity index (χ2v) is 6.21. The Morgan fingerprint density at radius 1 is 1.38 bits per heavy atom. The highest BCUT2D eigenvalue weighted by atomic mass is 32.2. The van der Waals surface area contributed by atoms with Gasteiger partial charge in [-0.2, -0.15) is 11.8 Å². The lowest BCUT2D eigenvalue weighted by Gasteiger charge is -2.34. The van der Waals surface area contributed by atoms with Gasteiger partial charge in [0.2, 0.25) is 0 Å². The van der Waals surface area contributed by atoms with E-state index in [-0.39, 0.29) is 0 Å². The first-order valence-electron chi connectivity index (χ1n) is 6.50. The molecule has 1 N–H and O–H groups in total.